The quantitative estimate of drug-likeness (QED) is 0.764. The second-order valence-corrected chi connectivity index (χ2v) is 4.42. The lowest BCUT2D eigenvalue weighted by Gasteiger charge is -2.18. The van der Waals surface area contributed by atoms with E-state index < -0.39 is 17.8 Å². The first kappa shape index (κ1) is 12.3. The van der Waals surface area contributed by atoms with Gasteiger partial charge in [-0.3, -0.25) is 9.59 Å². The van der Waals surface area contributed by atoms with Gasteiger partial charge in [0, 0.05) is 25.5 Å². The number of carboxylic acid groups (broad SMARTS) is 1. The molecule has 1 saturated heterocycles. The van der Waals surface area contributed by atoms with Crippen molar-refractivity contribution in [1.82, 2.24) is 9.97 Å². The van der Waals surface area contributed by atoms with Crippen molar-refractivity contribution in [3.63, 3.8) is 0 Å². The van der Waals surface area contributed by atoms with Crippen LogP contribution in [0, 0.1) is 11.8 Å². The average molecular weight is 250 g/mol. The highest BCUT2D eigenvalue weighted by atomic mass is 16.4. The van der Waals surface area contributed by atoms with E-state index >= 15 is 0 Å². The van der Waals surface area contributed by atoms with E-state index in [4.69, 9.17) is 10.8 Å². The summed E-state index contributed by atoms with van der Waals surface area (Å²) in [5.41, 5.74) is 5.31. The van der Waals surface area contributed by atoms with Gasteiger partial charge in [0.2, 0.25) is 0 Å². The zero-order valence-corrected chi connectivity index (χ0v) is 9.91. The molecule has 1 fully saturated rings. The second kappa shape index (κ2) is 4.59. The molecule has 2 rings (SSSR count). The molecule has 18 heavy (non-hydrogen) atoms. The molecule has 1 amide bonds. The number of aromatic nitrogens is 2. The maximum absolute atomic E-state index is 11.3. The van der Waals surface area contributed by atoms with Crippen molar-refractivity contribution in [2.24, 2.45) is 17.6 Å². The summed E-state index contributed by atoms with van der Waals surface area (Å²) < 4.78 is 0. The van der Waals surface area contributed by atoms with Crippen LogP contribution < -0.4 is 10.6 Å². The molecule has 1 aromatic rings. The number of amides is 1. The van der Waals surface area contributed by atoms with Crippen LogP contribution in [0.15, 0.2) is 12.4 Å². The molecule has 1 aromatic heterocycles. The molecular weight excluding hydrogens is 236 g/mol. The number of nitrogens with two attached hydrogens (primary N) is 1. The molecule has 3 N–H and O–H groups in total. The van der Waals surface area contributed by atoms with Crippen molar-refractivity contribution in [3.05, 3.63) is 18.1 Å². The standard InChI is InChI=1S/C11H14N4O3/c1-6-4-15(5-7(6)11(17)18)10-8(9(12)16)13-2-3-14-10/h2-3,6-7H,4-5H2,1H3,(H2,12,16)(H,17,18). The van der Waals surface area contributed by atoms with Gasteiger partial charge in [-0.05, 0) is 5.92 Å². The van der Waals surface area contributed by atoms with Crippen LogP contribution in [0.5, 0.6) is 0 Å². The smallest absolute Gasteiger partial charge is 0.308 e. The van der Waals surface area contributed by atoms with E-state index in [0.717, 1.165) is 0 Å². The summed E-state index contributed by atoms with van der Waals surface area (Å²) >= 11 is 0. The normalized spacial score (nSPS) is 23.1. The molecule has 0 aromatic carbocycles. The van der Waals surface area contributed by atoms with Gasteiger partial charge in [-0.25, -0.2) is 9.97 Å². The van der Waals surface area contributed by atoms with Gasteiger partial charge in [-0.15, -0.1) is 0 Å². The Balaban J connectivity index is 2.29. The molecule has 0 saturated carbocycles. The fourth-order valence-electron chi connectivity index (χ4n) is 2.20. The van der Waals surface area contributed by atoms with Gasteiger partial charge in [0.1, 0.15) is 0 Å². The highest BCUT2D eigenvalue weighted by Gasteiger charge is 2.36. The average Bonchev–Trinajstić information content (AvgIpc) is 2.71. The number of hydrogen-bond donors (Lipinski definition) is 2. The van der Waals surface area contributed by atoms with Crippen molar-refractivity contribution in [2.45, 2.75) is 6.92 Å². The number of primary amides is 1. The van der Waals surface area contributed by atoms with Gasteiger partial charge in [-0.1, -0.05) is 6.92 Å². The van der Waals surface area contributed by atoms with Crippen LogP contribution in [0.1, 0.15) is 17.4 Å². The van der Waals surface area contributed by atoms with Crippen LogP contribution in [-0.4, -0.2) is 40.0 Å². The van der Waals surface area contributed by atoms with Gasteiger partial charge in [0.25, 0.3) is 5.91 Å². The summed E-state index contributed by atoms with van der Waals surface area (Å²) in [6.45, 7) is 2.70. The fraction of sp³-hybridized carbons (Fsp3) is 0.455. The Morgan fingerprint density at radius 1 is 1.39 bits per heavy atom. The Labute approximate surface area is 104 Å². The van der Waals surface area contributed by atoms with Crippen molar-refractivity contribution in [1.29, 1.82) is 0 Å². The minimum atomic E-state index is -0.838. The maximum Gasteiger partial charge on any atom is 0.308 e. The molecule has 1 aliphatic heterocycles. The lowest BCUT2D eigenvalue weighted by Crippen LogP contribution is -2.27. The molecular formula is C11H14N4O3. The number of rotatable bonds is 3. The topological polar surface area (TPSA) is 109 Å². The van der Waals surface area contributed by atoms with Gasteiger partial charge in [0.05, 0.1) is 5.92 Å². The molecule has 2 atom stereocenters. The summed E-state index contributed by atoms with van der Waals surface area (Å²) in [6.07, 6.45) is 2.85. The van der Waals surface area contributed by atoms with Crippen LogP contribution in [-0.2, 0) is 4.79 Å². The molecule has 0 aliphatic carbocycles. The SMILES string of the molecule is CC1CN(c2nccnc2C(N)=O)CC1C(=O)O. The van der Waals surface area contributed by atoms with E-state index in [-0.39, 0.29) is 11.6 Å². The van der Waals surface area contributed by atoms with E-state index in [1.165, 1.54) is 12.4 Å². The third kappa shape index (κ3) is 2.11. The van der Waals surface area contributed by atoms with Crippen molar-refractivity contribution < 1.29 is 14.7 Å². The van der Waals surface area contributed by atoms with Crippen LogP contribution in [0.4, 0.5) is 5.82 Å². The highest BCUT2D eigenvalue weighted by molar-refractivity contribution is 5.95. The van der Waals surface area contributed by atoms with E-state index in [2.05, 4.69) is 9.97 Å². The Bertz CT molecular complexity index is 491. The van der Waals surface area contributed by atoms with E-state index in [9.17, 15) is 9.59 Å². The zero-order valence-electron chi connectivity index (χ0n) is 9.91. The van der Waals surface area contributed by atoms with Crippen LogP contribution in [0.2, 0.25) is 0 Å². The maximum atomic E-state index is 11.3. The van der Waals surface area contributed by atoms with Crippen LogP contribution >= 0.6 is 0 Å². The summed E-state index contributed by atoms with van der Waals surface area (Å²) in [5.74, 6) is -1.61. The van der Waals surface area contributed by atoms with Gasteiger partial charge in [-0.2, -0.15) is 0 Å². The molecule has 2 unspecified atom stereocenters. The number of carbonyl (C=O) groups is 2. The third-order valence-corrected chi connectivity index (χ3v) is 3.14. The lowest BCUT2D eigenvalue weighted by atomic mass is 9.99. The number of carbonyl (C=O) groups excluding carboxylic acids is 1. The minimum absolute atomic E-state index is 0.00904. The number of hydrogen-bond acceptors (Lipinski definition) is 5. The number of anilines is 1. The summed E-state index contributed by atoms with van der Waals surface area (Å²) in [7, 11) is 0. The van der Waals surface area contributed by atoms with Crippen molar-refractivity contribution in [3.8, 4) is 0 Å². The fourth-order valence-corrected chi connectivity index (χ4v) is 2.20. The monoisotopic (exact) mass is 250 g/mol. The first-order chi connectivity index (χ1) is 8.50. The largest absolute Gasteiger partial charge is 0.481 e. The van der Waals surface area contributed by atoms with Crippen LogP contribution in [0.25, 0.3) is 0 Å². The second-order valence-electron chi connectivity index (χ2n) is 4.42. The van der Waals surface area contributed by atoms with E-state index in [1.807, 2.05) is 6.92 Å². The number of carboxylic acids is 1. The van der Waals surface area contributed by atoms with Gasteiger partial charge < -0.3 is 15.7 Å². The highest BCUT2D eigenvalue weighted by Crippen LogP contribution is 2.28. The number of nitrogens with zero attached hydrogens (tertiary/aromatic N) is 3. The van der Waals surface area contributed by atoms with Crippen LogP contribution in [0.3, 0.4) is 0 Å². The molecule has 0 radical (unpaired) electrons. The Morgan fingerprint density at radius 3 is 2.61 bits per heavy atom. The third-order valence-electron chi connectivity index (χ3n) is 3.14. The molecule has 7 heteroatoms. The summed E-state index contributed by atoms with van der Waals surface area (Å²) in [6, 6.07) is 0. The number of aliphatic carboxylic acids is 1. The molecule has 2 heterocycles. The van der Waals surface area contributed by atoms with Gasteiger partial charge in [0.15, 0.2) is 11.5 Å². The molecule has 0 spiro atoms. The molecule has 7 nitrogen and oxygen atoms in total. The Kier molecular flexibility index (Phi) is 3.14. The molecule has 1 aliphatic rings. The first-order valence-electron chi connectivity index (χ1n) is 5.59. The van der Waals surface area contributed by atoms with Crippen molar-refractivity contribution in [2.75, 3.05) is 18.0 Å². The van der Waals surface area contributed by atoms with E-state index in [1.54, 1.807) is 4.90 Å². The Morgan fingerprint density at radius 2 is 2.06 bits per heavy atom. The Hall–Kier alpha value is -2.18. The minimum Gasteiger partial charge on any atom is -0.481 e. The predicted molar refractivity (Wildman–Crippen MR) is 63.1 cm³/mol. The summed E-state index contributed by atoms with van der Waals surface area (Å²) in [5, 5.41) is 9.07. The summed E-state index contributed by atoms with van der Waals surface area (Å²) in [4.78, 5) is 32.0. The lowest BCUT2D eigenvalue weighted by molar-refractivity contribution is -0.142. The predicted octanol–water partition coefficient (Wildman–Crippen LogP) is -0.268. The molecule has 96 valence electrons. The molecule has 0 bridgehead atoms. The van der Waals surface area contributed by atoms with Crippen molar-refractivity contribution >= 4 is 17.7 Å². The zero-order chi connectivity index (χ0) is 13.3. The van der Waals surface area contributed by atoms with E-state index in [0.29, 0.717) is 18.9 Å². The van der Waals surface area contributed by atoms with Gasteiger partial charge >= 0.3 is 5.97 Å². The first-order valence-corrected chi connectivity index (χ1v) is 5.59.